The van der Waals surface area contributed by atoms with Crippen LogP contribution in [0.25, 0.3) is 0 Å². The van der Waals surface area contributed by atoms with E-state index >= 15 is 0 Å². The fourth-order valence-corrected chi connectivity index (χ4v) is 3.22. The van der Waals surface area contributed by atoms with Gasteiger partial charge in [0.25, 0.3) is 0 Å². The highest BCUT2D eigenvalue weighted by Crippen LogP contribution is 2.06. The van der Waals surface area contributed by atoms with Crippen LogP contribution in [-0.2, 0) is 11.3 Å². The van der Waals surface area contributed by atoms with Gasteiger partial charge in [0.1, 0.15) is 0 Å². The van der Waals surface area contributed by atoms with E-state index in [-0.39, 0.29) is 0 Å². The SMILES string of the molecule is CCNC(=NCC(O)COCc1ccccc1)N1CCN(CC(C)C)CC1. The second-order valence-electron chi connectivity index (χ2n) is 7.53. The minimum Gasteiger partial charge on any atom is -0.389 e. The lowest BCUT2D eigenvalue weighted by Gasteiger charge is -2.37. The third kappa shape index (κ3) is 8.28. The topological polar surface area (TPSA) is 60.3 Å². The Bertz CT molecular complexity index is 542. The number of benzene rings is 1. The maximum atomic E-state index is 10.2. The van der Waals surface area contributed by atoms with Gasteiger partial charge in [-0.1, -0.05) is 44.2 Å². The molecule has 1 unspecified atom stereocenters. The third-order valence-corrected chi connectivity index (χ3v) is 4.50. The van der Waals surface area contributed by atoms with E-state index < -0.39 is 6.10 Å². The summed E-state index contributed by atoms with van der Waals surface area (Å²) >= 11 is 0. The van der Waals surface area contributed by atoms with Gasteiger partial charge in [0, 0.05) is 39.3 Å². The van der Waals surface area contributed by atoms with Crippen molar-refractivity contribution < 1.29 is 9.84 Å². The van der Waals surface area contributed by atoms with Crippen molar-refractivity contribution in [2.75, 3.05) is 52.4 Å². The minimum absolute atomic E-state index is 0.292. The van der Waals surface area contributed by atoms with Crippen LogP contribution >= 0.6 is 0 Å². The van der Waals surface area contributed by atoms with Gasteiger partial charge in [0.05, 0.1) is 25.9 Å². The van der Waals surface area contributed by atoms with Crippen LogP contribution in [0.2, 0.25) is 0 Å². The van der Waals surface area contributed by atoms with Gasteiger partial charge in [-0.3, -0.25) is 9.89 Å². The lowest BCUT2D eigenvalue weighted by atomic mass is 10.2. The molecule has 6 heteroatoms. The quantitative estimate of drug-likeness (QED) is 0.508. The molecule has 1 aromatic rings. The highest BCUT2D eigenvalue weighted by atomic mass is 16.5. The molecule has 0 saturated carbocycles. The molecule has 27 heavy (non-hydrogen) atoms. The van der Waals surface area contributed by atoms with Crippen molar-refractivity contribution in [1.82, 2.24) is 15.1 Å². The van der Waals surface area contributed by atoms with Crippen molar-refractivity contribution in [3.05, 3.63) is 35.9 Å². The molecule has 1 heterocycles. The first-order valence-electron chi connectivity index (χ1n) is 10.1. The summed E-state index contributed by atoms with van der Waals surface area (Å²) < 4.78 is 5.61. The van der Waals surface area contributed by atoms with Crippen molar-refractivity contribution in [3.63, 3.8) is 0 Å². The molecule has 0 aromatic heterocycles. The van der Waals surface area contributed by atoms with Crippen LogP contribution < -0.4 is 5.32 Å². The van der Waals surface area contributed by atoms with E-state index in [4.69, 9.17) is 4.74 Å². The molecule has 152 valence electrons. The molecule has 0 bridgehead atoms. The number of aliphatic imine (C=N–C) groups is 1. The predicted octanol–water partition coefficient (Wildman–Crippen LogP) is 1.80. The number of aliphatic hydroxyl groups is 1. The maximum absolute atomic E-state index is 10.2. The van der Waals surface area contributed by atoms with Gasteiger partial charge in [0.2, 0.25) is 0 Å². The summed E-state index contributed by atoms with van der Waals surface area (Å²) in [5.41, 5.74) is 1.11. The number of rotatable bonds is 9. The number of nitrogens with one attached hydrogen (secondary N) is 1. The lowest BCUT2D eigenvalue weighted by molar-refractivity contribution is 0.0329. The van der Waals surface area contributed by atoms with Crippen molar-refractivity contribution in [2.45, 2.75) is 33.5 Å². The Kier molecular flexibility index (Phi) is 9.59. The smallest absolute Gasteiger partial charge is 0.194 e. The zero-order valence-electron chi connectivity index (χ0n) is 17.1. The molecule has 1 atom stereocenters. The van der Waals surface area contributed by atoms with Gasteiger partial charge in [-0.25, -0.2) is 0 Å². The second-order valence-corrected chi connectivity index (χ2v) is 7.53. The van der Waals surface area contributed by atoms with E-state index in [0.717, 1.165) is 50.8 Å². The average Bonchev–Trinajstić information content (AvgIpc) is 2.66. The second kappa shape index (κ2) is 12.0. The summed E-state index contributed by atoms with van der Waals surface area (Å²) in [5, 5.41) is 13.5. The standard InChI is InChI=1S/C21H36N4O2/c1-4-22-21(25-12-10-24(11-13-25)15-18(2)3)23-14-20(26)17-27-16-19-8-6-5-7-9-19/h5-9,18,20,26H,4,10-17H2,1-3H3,(H,22,23). The summed E-state index contributed by atoms with van der Waals surface area (Å²) in [6, 6.07) is 10.0. The number of nitrogens with zero attached hydrogens (tertiary/aromatic N) is 3. The monoisotopic (exact) mass is 376 g/mol. The van der Waals surface area contributed by atoms with E-state index in [1.54, 1.807) is 0 Å². The fourth-order valence-electron chi connectivity index (χ4n) is 3.22. The molecule has 1 aliphatic rings. The zero-order valence-corrected chi connectivity index (χ0v) is 17.1. The molecule has 1 saturated heterocycles. The predicted molar refractivity (Wildman–Crippen MR) is 111 cm³/mol. The van der Waals surface area contributed by atoms with Crippen LogP contribution in [0.15, 0.2) is 35.3 Å². The summed E-state index contributed by atoms with van der Waals surface area (Å²) in [6.07, 6.45) is -0.593. The Morgan fingerprint density at radius 3 is 2.52 bits per heavy atom. The molecule has 0 amide bonds. The summed E-state index contributed by atoms with van der Waals surface area (Å²) in [5.74, 6) is 1.59. The van der Waals surface area contributed by atoms with Gasteiger partial charge in [0.15, 0.2) is 5.96 Å². The Morgan fingerprint density at radius 1 is 1.19 bits per heavy atom. The Balaban J connectivity index is 1.75. The molecule has 0 aliphatic carbocycles. The van der Waals surface area contributed by atoms with E-state index in [1.807, 2.05) is 30.3 Å². The van der Waals surface area contributed by atoms with Crippen LogP contribution in [0.5, 0.6) is 0 Å². The van der Waals surface area contributed by atoms with Crippen LogP contribution in [0.1, 0.15) is 26.3 Å². The average molecular weight is 377 g/mol. The largest absolute Gasteiger partial charge is 0.389 e. The first-order valence-corrected chi connectivity index (χ1v) is 10.1. The van der Waals surface area contributed by atoms with E-state index in [9.17, 15) is 5.11 Å². The van der Waals surface area contributed by atoms with E-state index in [0.29, 0.717) is 25.7 Å². The Morgan fingerprint density at radius 2 is 1.89 bits per heavy atom. The number of guanidine groups is 1. The third-order valence-electron chi connectivity index (χ3n) is 4.50. The first kappa shape index (κ1) is 21.7. The molecule has 1 aliphatic heterocycles. The van der Waals surface area contributed by atoms with Crippen molar-refractivity contribution in [3.8, 4) is 0 Å². The first-order chi connectivity index (χ1) is 13.1. The Hall–Kier alpha value is -1.63. The molecule has 6 nitrogen and oxygen atoms in total. The number of ether oxygens (including phenoxy) is 1. The molecule has 0 radical (unpaired) electrons. The number of aliphatic hydroxyl groups excluding tert-OH is 1. The number of hydrogen-bond donors (Lipinski definition) is 2. The number of hydrogen-bond acceptors (Lipinski definition) is 4. The Labute approximate surface area is 164 Å². The van der Waals surface area contributed by atoms with Gasteiger partial charge in [-0.15, -0.1) is 0 Å². The zero-order chi connectivity index (χ0) is 19.5. The van der Waals surface area contributed by atoms with Crippen molar-refractivity contribution in [1.29, 1.82) is 0 Å². The molecule has 1 fully saturated rings. The summed E-state index contributed by atoms with van der Waals surface area (Å²) in [4.78, 5) is 9.43. The van der Waals surface area contributed by atoms with Crippen LogP contribution in [-0.4, -0.2) is 79.4 Å². The molecule has 2 rings (SSSR count). The van der Waals surface area contributed by atoms with Gasteiger partial charge >= 0.3 is 0 Å². The summed E-state index contributed by atoms with van der Waals surface area (Å²) in [7, 11) is 0. The van der Waals surface area contributed by atoms with Crippen LogP contribution in [0.4, 0.5) is 0 Å². The molecule has 0 spiro atoms. The highest BCUT2D eigenvalue weighted by molar-refractivity contribution is 5.80. The lowest BCUT2D eigenvalue weighted by Crippen LogP contribution is -2.53. The van der Waals surface area contributed by atoms with E-state index in [2.05, 4.69) is 40.9 Å². The van der Waals surface area contributed by atoms with Crippen LogP contribution in [0.3, 0.4) is 0 Å². The minimum atomic E-state index is -0.593. The number of piperazine rings is 1. The van der Waals surface area contributed by atoms with Crippen LogP contribution in [0, 0.1) is 5.92 Å². The summed E-state index contributed by atoms with van der Waals surface area (Å²) in [6.45, 7) is 13.8. The van der Waals surface area contributed by atoms with Gasteiger partial charge in [-0.05, 0) is 18.4 Å². The van der Waals surface area contributed by atoms with E-state index in [1.165, 1.54) is 0 Å². The maximum Gasteiger partial charge on any atom is 0.194 e. The molecular formula is C21H36N4O2. The van der Waals surface area contributed by atoms with Gasteiger partial charge < -0.3 is 20.1 Å². The van der Waals surface area contributed by atoms with Gasteiger partial charge in [-0.2, -0.15) is 0 Å². The molecule has 1 aromatic carbocycles. The molecular weight excluding hydrogens is 340 g/mol. The molecule has 2 N–H and O–H groups in total. The van der Waals surface area contributed by atoms with Crippen molar-refractivity contribution in [2.24, 2.45) is 10.9 Å². The fraction of sp³-hybridized carbons (Fsp3) is 0.667. The van der Waals surface area contributed by atoms with Crippen molar-refractivity contribution >= 4 is 5.96 Å². The normalized spacial score (nSPS) is 17.4. The highest BCUT2D eigenvalue weighted by Gasteiger charge is 2.20.